The van der Waals surface area contributed by atoms with Gasteiger partial charge in [-0.15, -0.1) is 0 Å². The minimum Gasteiger partial charge on any atom is -0.494 e. The Morgan fingerprint density at radius 1 is 1.25 bits per heavy atom. The average molecular weight is 331 g/mol. The van der Waals surface area contributed by atoms with E-state index in [1.54, 1.807) is 0 Å². The minimum atomic E-state index is -0.794. The first-order chi connectivity index (χ1) is 11.5. The van der Waals surface area contributed by atoms with Gasteiger partial charge in [0.25, 0.3) is 5.91 Å². The molecule has 0 fully saturated rings. The van der Waals surface area contributed by atoms with Crippen molar-refractivity contribution in [1.82, 2.24) is 4.90 Å². The fourth-order valence-corrected chi connectivity index (χ4v) is 2.44. The summed E-state index contributed by atoms with van der Waals surface area (Å²) in [6, 6.07) is 11.6. The van der Waals surface area contributed by atoms with Crippen molar-refractivity contribution < 1.29 is 19.0 Å². The van der Waals surface area contributed by atoms with Gasteiger partial charge < -0.3 is 14.7 Å². The highest BCUT2D eigenvalue weighted by molar-refractivity contribution is 5.94. The Hall–Kier alpha value is -2.40. The SMILES string of the molecule is CCN(CC(O)c1ccc(C)cc1)C(=O)c1ccc(OC)c(F)c1. The molecule has 2 rings (SSSR count). The van der Waals surface area contributed by atoms with Crippen molar-refractivity contribution in [3.05, 3.63) is 65.0 Å². The lowest BCUT2D eigenvalue weighted by Crippen LogP contribution is -2.34. The Morgan fingerprint density at radius 2 is 1.92 bits per heavy atom. The molecule has 1 amide bonds. The largest absolute Gasteiger partial charge is 0.494 e. The summed E-state index contributed by atoms with van der Waals surface area (Å²) in [6.07, 6.45) is -0.794. The van der Waals surface area contributed by atoms with Crippen molar-refractivity contribution in [1.29, 1.82) is 0 Å². The molecule has 1 N–H and O–H groups in total. The van der Waals surface area contributed by atoms with Crippen LogP contribution >= 0.6 is 0 Å². The zero-order valence-corrected chi connectivity index (χ0v) is 14.1. The van der Waals surface area contributed by atoms with Gasteiger partial charge in [0.1, 0.15) is 0 Å². The monoisotopic (exact) mass is 331 g/mol. The predicted molar refractivity (Wildman–Crippen MR) is 90.7 cm³/mol. The molecule has 0 heterocycles. The zero-order chi connectivity index (χ0) is 17.7. The number of amides is 1. The number of aryl methyl sites for hydroxylation is 1. The van der Waals surface area contributed by atoms with Crippen molar-refractivity contribution in [2.75, 3.05) is 20.2 Å². The predicted octanol–water partition coefficient (Wildman–Crippen LogP) is 3.34. The highest BCUT2D eigenvalue weighted by Crippen LogP contribution is 2.20. The maximum absolute atomic E-state index is 13.8. The lowest BCUT2D eigenvalue weighted by Gasteiger charge is -2.24. The number of methoxy groups -OCH3 is 1. The molecule has 2 aromatic rings. The fourth-order valence-electron chi connectivity index (χ4n) is 2.44. The number of ether oxygens (including phenoxy) is 1. The quantitative estimate of drug-likeness (QED) is 0.883. The average Bonchev–Trinajstić information content (AvgIpc) is 2.59. The molecule has 0 saturated heterocycles. The number of likely N-dealkylation sites (N-methyl/N-ethyl adjacent to an activating group) is 1. The molecule has 2 aromatic carbocycles. The number of aliphatic hydroxyl groups excluding tert-OH is 1. The molecule has 128 valence electrons. The number of benzene rings is 2. The summed E-state index contributed by atoms with van der Waals surface area (Å²) in [6.45, 7) is 4.34. The third-order valence-electron chi connectivity index (χ3n) is 3.92. The molecule has 0 bridgehead atoms. The lowest BCUT2D eigenvalue weighted by atomic mass is 10.1. The number of halogens is 1. The summed E-state index contributed by atoms with van der Waals surface area (Å²) in [5.74, 6) is -0.821. The van der Waals surface area contributed by atoms with Crippen LogP contribution in [0, 0.1) is 12.7 Å². The third-order valence-corrected chi connectivity index (χ3v) is 3.92. The van der Waals surface area contributed by atoms with Crippen LogP contribution in [0.3, 0.4) is 0 Å². The van der Waals surface area contributed by atoms with Crippen LogP contribution in [0.2, 0.25) is 0 Å². The summed E-state index contributed by atoms with van der Waals surface area (Å²) < 4.78 is 18.7. The van der Waals surface area contributed by atoms with Gasteiger partial charge in [0, 0.05) is 12.1 Å². The highest BCUT2D eigenvalue weighted by atomic mass is 19.1. The molecule has 1 unspecified atom stereocenters. The lowest BCUT2D eigenvalue weighted by molar-refractivity contribution is 0.0634. The van der Waals surface area contributed by atoms with E-state index in [1.165, 1.54) is 24.1 Å². The normalized spacial score (nSPS) is 11.9. The van der Waals surface area contributed by atoms with E-state index in [0.29, 0.717) is 6.54 Å². The van der Waals surface area contributed by atoms with Crippen molar-refractivity contribution in [2.24, 2.45) is 0 Å². The first-order valence-corrected chi connectivity index (χ1v) is 7.83. The maximum atomic E-state index is 13.8. The van der Waals surface area contributed by atoms with Gasteiger partial charge >= 0.3 is 0 Å². The van der Waals surface area contributed by atoms with Crippen LogP contribution < -0.4 is 4.74 Å². The molecule has 0 radical (unpaired) electrons. The number of carbonyl (C=O) groups is 1. The van der Waals surface area contributed by atoms with Crippen molar-refractivity contribution >= 4 is 5.91 Å². The highest BCUT2D eigenvalue weighted by Gasteiger charge is 2.20. The Labute approximate surface area is 141 Å². The van der Waals surface area contributed by atoms with Crippen molar-refractivity contribution in [3.8, 4) is 5.75 Å². The third kappa shape index (κ3) is 4.11. The van der Waals surface area contributed by atoms with Crippen LogP contribution in [-0.4, -0.2) is 36.1 Å². The summed E-state index contributed by atoms with van der Waals surface area (Å²) >= 11 is 0. The van der Waals surface area contributed by atoms with Gasteiger partial charge in [0.2, 0.25) is 0 Å². The Balaban J connectivity index is 2.13. The van der Waals surface area contributed by atoms with Gasteiger partial charge in [0.15, 0.2) is 11.6 Å². The van der Waals surface area contributed by atoms with E-state index in [2.05, 4.69) is 0 Å². The van der Waals surface area contributed by atoms with E-state index in [0.717, 1.165) is 17.2 Å². The van der Waals surface area contributed by atoms with Crippen LogP contribution in [0.4, 0.5) is 4.39 Å². The number of hydrogen-bond donors (Lipinski definition) is 1. The van der Waals surface area contributed by atoms with Crippen LogP contribution in [0.25, 0.3) is 0 Å². The summed E-state index contributed by atoms with van der Waals surface area (Å²) in [4.78, 5) is 14.0. The van der Waals surface area contributed by atoms with Gasteiger partial charge in [0.05, 0.1) is 19.8 Å². The Bertz CT molecular complexity index is 700. The topological polar surface area (TPSA) is 49.8 Å². The van der Waals surface area contributed by atoms with E-state index in [4.69, 9.17) is 4.74 Å². The van der Waals surface area contributed by atoms with Gasteiger partial charge in [-0.1, -0.05) is 29.8 Å². The number of rotatable bonds is 6. The molecule has 4 nitrogen and oxygen atoms in total. The number of nitrogens with zero attached hydrogens (tertiary/aromatic N) is 1. The number of aliphatic hydroxyl groups is 1. The van der Waals surface area contributed by atoms with E-state index >= 15 is 0 Å². The molecule has 0 aliphatic heterocycles. The van der Waals surface area contributed by atoms with Crippen molar-refractivity contribution in [2.45, 2.75) is 20.0 Å². The van der Waals surface area contributed by atoms with Crippen molar-refractivity contribution in [3.63, 3.8) is 0 Å². The van der Waals surface area contributed by atoms with Gasteiger partial charge in [-0.3, -0.25) is 4.79 Å². The minimum absolute atomic E-state index is 0.0919. The fraction of sp³-hybridized carbons (Fsp3) is 0.316. The van der Waals surface area contributed by atoms with Crippen LogP contribution in [0.15, 0.2) is 42.5 Å². The van der Waals surface area contributed by atoms with Crippen LogP contribution in [-0.2, 0) is 0 Å². The second-order valence-electron chi connectivity index (χ2n) is 5.62. The summed E-state index contributed by atoms with van der Waals surface area (Å²) in [5.41, 5.74) is 2.07. The maximum Gasteiger partial charge on any atom is 0.254 e. The van der Waals surface area contributed by atoms with Gasteiger partial charge in [-0.2, -0.15) is 0 Å². The summed E-state index contributed by atoms with van der Waals surface area (Å²) in [5, 5.41) is 10.4. The van der Waals surface area contributed by atoms with E-state index < -0.39 is 11.9 Å². The number of carbonyl (C=O) groups excluding carboxylic acids is 1. The molecule has 0 saturated carbocycles. The second kappa shape index (κ2) is 7.93. The van der Waals surface area contributed by atoms with Gasteiger partial charge in [-0.25, -0.2) is 4.39 Å². The van der Waals surface area contributed by atoms with Gasteiger partial charge in [-0.05, 0) is 37.6 Å². The van der Waals surface area contributed by atoms with E-state index in [-0.39, 0.29) is 23.8 Å². The number of hydrogen-bond acceptors (Lipinski definition) is 3. The van der Waals surface area contributed by atoms with Crippen LogP contribution in [0.5, 0.6) is 5.75 Å². The molecule has 5 heteroatoms. The van der Waals surface area contributed by atoms with Crippen LogP contribution in [0.1, 0.15) is 34.5 Å². The van der Waals surface area contributed by atoms with E-state index in [9.17, 15) is 14.3 Å². The molecule has 24 heavy (non-hydrogen) atoms. The summed E-state index contributed by atoms with van der Waals surface area (Å²) in [7, 11) is 1.37. The Morgan fingerprint density at radius 3 is 2.46 bits per heavy atom. The molecule has 0 aliphatic carbocycles. The molecule has 0 aromatic heterocycles. The molecular formula is C19H22FNO3. The first kappa shape index (κ1) is 17.9. The second-order valence-corrected chi connectivity index (χ2v) is 5.62. The zero-order valence-electron chi connectivity index (χ0n) is 14.1. The molecular weight excluding hydrogens is 309 g/mol. The Kier molecular flexibility index (Phi) is 5.93. The molecule has 1 atom stereocenters. The smallest absolute Gasteiger partial charge is 0.254 e. The molecule has 0 aliphatic rings. The molecule has 0 spiro atoms. The standard InChI is InChI=1S/C19H22FNO3/c1-4-21(12-17(22)14-7-5-13(2)6-8-14)19(23)15-9-10-18(24-3)16(20)11-15/h5-11,17,22H,4,12H2,1-3H3. The first-order valence-electron chi connectivity index (χ1n) is 7.83. The van der Waals surface area contributed by atoms with E-state index in [1.807, 2.05) is 38.1 Å².